The fraction of sp³-hybridized carbons (Fsp3) is 0.182. The lowest BCUT2D eigenvalue weighted by Gasteiger charge is -2.07. The van der Waals surface area contributed by atoms with Crippen LogP contribution in [0.15, 0.2) is 28.9 Å². The monoisotopic (exact) mass is 316 g/mol. The molecule has 0 saturated carbocycles. The number of benzene rings is 1. The van der Waals surface area contributed by atoms with Crippen molar-refractivity contribution in [3.8, 4) is 0 Å². The van der Waals surface area contributed by atoms with E-state index in [9.17, 15) is 0 Å². The molecule has 0 unspecified atom stereocenters. The predicted molar refractivity (Wildman–Crippen MR) is 73.3 cm³/mol. The highest BCUT2D eigenvalue weighted by Gasteiger charge is 2.04. The quantitative estimate of drug-likeness (QED) is 0.903. The molecule has 0 spiro atoms. The van der Waals surface area contributed by atoms with Crippen LogP contribution in [0.4, 0.5) is 5.69 Å². The van der Waals surface area contributed by atoms with Crippen molar-refractivity contribution < 1.29 is 0 Å². The Balaban J connectivity index is 2.07. The van der Waals surface area contributed by atoms with Gasteiger partial charge >= 0.3 is 0 Å². The van der Waals surface area contributed by atoms with Gasteiger partial charge < -0.3 is 5.32 Å². The highest BCUT2D eigenvalue weighted by Crippen LogP contribution is 2.30. The normalized spacial score (nSPS) is 10.4. The highest BCUT2D eigenvalue weighted by molar-refractivity contribution is 9.10. The molecule has 0 aliphatic rings. The molecule has 16 heavy (non-hydrogen) atoms. The fourth-order valence-electron chi connectivity index (χ4n) is 1.31. The van der Waals surface area contributed by atoms with Gasteiger partial charge in [-0.3, -0.25) is 0 Å². The molecule has 2 nitrogen and oxygen atoms in total. The van der Waals surface area contributed by atoms with Gasteiger partial charge in [0.1, 0.15) is 0 Å². The summed E-state index contributed by atoms with van der Waals surface area (Å²) in [6, 6.07) is 5.77. The second kappa shape index (κ2) is 5.17. The van der Waals surface area contributed by atoms with Gasteiger partial charge in [-0.1, -0.05) is 17.7 Å². The number of nitrogens with zero attached hydrogens (tertiary/aromatic N) is 1. The number of aryl methyl sites for hydroxylation is 1. The van der Waals surface area contributed by atoms with Crippen molar-refractivity contribution in [1.82, 2.24) is 4.98 Å². The molecule has 0 fully saturated rings. The molecule has 0 saturated heterocycles. The number of rotatable bonds is 3. The third-order valence-electron chi connectivity index (χ3n) is 2.07. The molecule has 1 aromatic heterocycles. The minimum atomic E-state index is 0.713. The standard InChI is InChI=1S/C11H10BrClN2S/c1-7-14-5-8(16-7)6-15-10-4-2-3-9(13)11(10)12/h2-5,15H,6H2,1H3. The van der Waals surface area contributed by atoms with Crippen LogP contribution in [-0.4, -0.2) is 4.98 Å². The van der Waals surface area contributed by atoms with Crippen molar-refractivity contribution >= 4 is 44.6 Å². The zero-order valence-electron chi connectivity index (χ0n) is 8.63. The molecule has 5 heteroatoms. The Kier molecular flexibility index (Phi) is 3.84. The first-order valence-corrected chi connectivity index (χ1v) is 6.75. The number of halogens is 2. The summed E-state index contributed by atoms with van der Waals surface area (Å²) in [5.74, 6) is 0. The maximum absolute atomic E-state index is 6.00. The molecule has 1 N–H and O–H groups in total. The first-order chi connectivity index (χ1) is 7.66. The third-order valence-corrected chi connectivity index (χ3v) is 4.38. The molecule has 1 heterocycles. The van der Waals surface area contributed by atoms with Gasteiger partial charge in [0.15, 0.2) is 0 Å². The first-order valence-electron chi connectivity index (χ1n) is 4.76. The van der Waals surface area contributed by atoms with Crippen molar-refractivity contribution in [2.75, 3.05) is 5.32 Å². The summed E-state index contributed by atoms with van der Waals surface area (Å²) in [6.07, 6.45) is 1.89. The Morgan fingerprint density at radius 1 is 1.50 bits per heavy atom. The molecule has 0 amide bonds. The predicted octanol–water partition coefficient (Wildman–Crippen LogP) is 4.48. The Labute approximate surface area is 112 Å². The molecule has 1 aromatic carbocycles. The van der Waals surface area contributed by atoms with Crippen LogP contribution in [0, 0.1) is 6.92 Å². The molecular weight excluding hydrogens is 308 g/mol. The maximum atomic E-state index is 6.00. The Bertz CT molecular complexity index is 498. The third kappa shape index (κ3) is 2.75. The Morgan fingerprint density at radius 2 is 2.31 bits per heavy atom. The van der Waals surface area contributed by atoms with E-state index >= 15 is 0 Å². The minimum Gasteiger partial charge on any atom is -0.379 e. The van der Waals surface area contributed by atoms with Gasteiger partial charge in [-0.2, -0.15) is 0 Å². The Morgan fingerprint density at radius 3 is 3.00 bits per heavy atom. The molecule has 0 bridgehead atoms. The van der Waals surface area contributed by atoms with Gasteiger partial charge in [0.2, 0.25) is 0 Å². The van der Waals surface area contributed by atoms with Gasteiger partial charge in [-0.25, -0.2) is 4.98 Å². The van der Waals surface area contributed by atoms with Gasteiger partial charge in [0.05, 0.1) is 26.7 Å². The Hall–Kier alpha value is -0.580. The zero-order valence-corrected chi connectivity index (χ0v) is 11.8. The van der Waals surface area contributed by atoms with Crippen LogP contribution in [0.5, 0.6) is 0 Å². The number of nitrogens with one attached hydrogen (secondary N) is 1. The molecule has 84 valence electrons. The summed E-state index contributed by atoms with van der Waals surface area (Å²) in [6.45, 7) is 2.77. The van der Waals surface area contributed by atoms with E-state index in [1.165, 1.54) is 4.88 Å². The SMILES string of the molecule is Cc1ncc(CNc2cccc(Cl)c2Br)s1. The van der Waals surface area contributed by atoms with Crippen molar-refractivity contribution in [1.29, 1.82) is 0 Å². The smallest absolute Gasteiger partial charge is 0.0897 e. The topological polar surface area (TPSA) is 24.9 Å². The first kappa shape index (κ1) is 11.9. The second-order valence-electron chi connectivity index (χ2n) is 3.30. The summed E-state index contributed by atoms with van der Waals surface area (Å²) in [7, 11) is 0. The van der Waals surface area contributed by atoms with Crippen LogP contribution < -0.4 is 5.32 Å². The number of aromatic nitrogens is 1. The fourth-order valence-corrected chi connectivity index (χ4v) is 2.62. The van der Waals surface area contributed by atoms with E-state index in [0.717, 1.165) is 21.7 Å². The summed E-state index contributed by atoms with van der Waals surface area (Å²) < 4.78 is 0.901. The minimum absolute atomic E-state index is 0.713. The van der Waals surface area contributed by atoms with E-state index in [2.05, 4.69) is 26.2 Å². The number of thiazole rings is 1. The molecule has 0 aliphatic heterocycles. The number of hydrogen-bond donors (Lipinski definition) is 1. The van der Waals surface area contributed by atoms with Crippen LogP contribution >= 0.6 is 38.9 Å². The van der Waals surface area contributed by atoms with E-state index in [4.69, 9.17) is 11.6 Å². The van der Waals surface area contributed by atoms with E-state index in [0.29, 0.717) is 5.02 Å². The van der Waals surface area contributed by atoms with Crippen LogP contribution in [0.2, 0.25) is 5.02 Å². The van der Waals surface area contributed by atoms with Gasteiger partial charge in [0, 0.05) is 11.1 Å². The van der Waals surface area contributed by atoms with Crippen LogP contribution in [-0.2, 0) is 6.54 Å². The average Bonchev–Trinajstić information content (AvgIpc) is 2.67. The van der Waals surface area contributed by atoms with Crippen molar-refractivity contribution in [3.05, 3.63) is 43.8 Å². The van der Waals surface area contributed by atoms with Crippen molar-refractivity contribution in [2.45, 2.75) is 13.5 Å². The van der Waals surface area contributed by atoms with Crippen LogP contribution in [0.1, 0.15) is 9.88 Å². The molecule has 0 atom stereocenters. The molecule has 2 aromatic rings. The molecule has 2 rings (SSSR count). The summed E-state index contributed by atoms with van der Waals surface area (Å²) in [5.41, 5.74) is 0.999. The van der Waals surface area contributed by atoms with Gasteiger partial charge in [-0.15, -0.1) is 11.3 Å². The van der Waals surface area contributed by atoms with Crippen LogP contribution in [0.3, 0.4) is 0 Å². The lowest BCUT2D eigenvalue weighted by Crippen LogP contribution is -1.98. The zero-order chi connectivity index (χ0) is 11.5. The average molecular weight is 318 g/mol. The van der Waals surface area contributed by atoms with Gasteiger partial charge in [0.25, 0.3) is 0 Å². The largest absolute Gasteiger partial charge is 0.379 e. The van der Waals surface area contributed by atoms with Crippen molar-refractivity contribution in [3.63, 3.8) is 0 Å². The van der Waals surface area contributed by atoms with Gasteiger partial charge in [-0.05, 0) is 35.0 Å². The van der Waals surface area contributed by atoms with E-state index in [-0.39, 0.29) is 0 Å². The van der Waals surface area contributed by atoms with Crippen molar-refractivity contribution in [2.24, 2.45) is 0 Å². The van der Waals surface area contributed by atoms with Crippen LogP contribution in [0.25, 0.3) is 0 Å². The molecule has 0 radical (unpaired) electrons. The van der Waals surface area contributed by atoms with E-state index < -0.39 is 0 Å². The van der Waals surface area contributed by atoms with E-state index in [1.807, 2.05) is 31.3 Å². The summed E-state index contributed by atoms with van der Waals surface area (Å²) in [5, 5.41) is 5.12. The lowest BCUT2D eigenvalue weighted by molar-refractivity contribution is 1.16. The van der Waals surface area contributed by atoms with E-state index in [1.54, 1.807) is 11.3 Å². The molecule has 0 aliphatic carbocycles. The number of hydrogen-bond acceptors (Lipinski definition) is 3. The highest BCUT2D eigenvalue weighted by atomic mass is 79.9. The number of anilines is 1. The maximum Gasteiger partial charge on any atom is 0.0897 e. The molecular formula is C11H10BrClN2S. The summed E-state index contributed by atoms with van der Waals surface area (Å²) in [4.78, 5) is 5.42. The summed E-state index contributed by atoms with van der Waals surface area (Å²) >= 11 is 11.2. The second-order valence-corrected chi connectivity index (χ2v) is 5.82. The lowest BCUT2D eigenvalue weighted by atomic mass is 10.3.